The van der Waals surface area contributed by atoms with Gasteiger partial charge in [-0.05, 0) is 108 Å². The number of rotatable bonds is 16. The predicted octanol–water partition coefficient (Wildman–Crippen LogP) is 2.68. The van der Waals surface area contributed by atoms with Crippen molar-refractivity contribution in [2.45, 2.75) is 235 Å². The molecule has 1 aliphatic heterocycles. The number of aliphatic hydroxyl groups excluding tert-OH is 2. The van der Waals surface area contributed by atoms with Crippen LogP contribution in [0.15, 0.2) is 12.2 Å². The molecule has 24 heteroatoms. The van der Waals surface area contributed by atoms with Crippen LogP contribution in [-0.2, 0) is 52.7 Å². The molecule has 1 aliphatic rings. The molecule has 11 amide bonds. The van der Waals surface area contributed by atoms with Gasteiger partial charge in [0, 0.05) is 55.3 Å². The number of carbonyl (C=O) groups excluding carboxylic acids is 11. The minimum absolute atomic E-state index is 0.0991. The maximum Gasteiger partial charge on any atom is 0.247 e. The minimum atomic E-state index is -1.70. The zero-order valence-corrected chi connectivity index (χ0v) is 56.8. The van der Waals surface area contributed by atoms with Gasteiger partial charge in [0.2, 0.25) is 65.0 Å². The average molecular weight is 1230 g/mol. The van der Waals surface area contributed by atoms with Crippen LogP contribution in [0.3, 0.4) is 0 Å². The largest absolute Gasteiger partial charge is 0.391 e. The topological polar surface area (TPSA) is 308 Å². The summed E-state index contributed by atoms with van der Waals surface area (Å²) in [7, 11) is 8.34. The fourth-order valence-corrected chi connectivity index (χ4v) is 10.8. The number of amides is 11. The first-order valence-electron chi connectivity index (χ1n) is 31.2. The van der Waals surface area contributed by atoms with Crippen molar-refractivity contribution < 1.29 is 63.0 Å². The molecule has 1 heterocycles. The fraction of sp³-hybridized carbons (Fsp3) is 0.794. The van der Waals surface area contributed by atoms with Gasteiger partial charge in [-0.25, -0.2) is 0 Å². The Kier molecular flexibility index (Phi) is 32.9. The minimum Gasteiger partial charge on any atom is -0.391 e. The van der Waals surface area contributed by atoms with E-state index in [1.165, 1.54) is 82.7 Å². The fourth-order valence-electron chi connectivity index (χ4n) is 10.8. The van der Waals surface area contributed by atoms with Crippen molar-refractivity contribution in [3.05, 3.63) is 12.2 Å². The van der Waals surface area contributed by atoms with Crippen molar-refractivity contribution in [1.29, 1.82) is 0 Å². The lowest BCUT2D eigenvalue weighted by molar-refractivity contribution is -0.155. The molecule has 0 bridgehead atoms. The molecule has 1 saturated heterocycles. The molecular formula is C63H113N11O13. The van der Waals surface area contributed by atoms with Crippen molar-refractivity contribution in [3.8, 4) is 0 Å². The van der Waals surface area contributed by atoms with Gasteiger partial charge in [-0.1, -0.05) is 102 Å². The highest BCUT2D eigenvalue weighted by molar-refractivity contribution is 5.99. The second-order valence-electron chi connectivity index (χ2n) is 26.7. The van der Waals surface area contributed by atoms with Crippen LogP contribution in [0.25, 0.3) is 0 Å². The Bertz CT molecular complexity index is 2360. The Balaban J connectivity index is 4.28. The van der Waals surface area contributed by atoms with E-state index in [2.05, 4.69) is 26.6 Å². The number of hydrogen-bond acceptors (Lipinski definition) is 13. The quantitative estimate of drug-likeness (QED) is 0.110. The van der Waals surface area contributed by atoms with Crippen LogP contribution in [0, 0.1) is 41.4 Å². The first-order valence-corrected chi connectivity index (χ1v) is 31.2. The van der Waals surface area contributed by atoms with E-state index in [0.717, 1.165) is 9.80 Å². The van der Waals surface area contributed by atoms with E-state index in [1.54, 1.807) is 39.8 Å². The van der Waals surface area contributed by atoms with Crippen molar-refractivity contribution in [2.75, 3.05) is 48.8 Å². The molecule has 0 aromatic carbocycles. The first-order chi connectivity index (χ1) is 40.1. The Morgan fingerprint density at radius 1 is 0.448 bits per heavy atom. The van der Waals surface area contributed by atoms with Gasteiger partial charge in [0.1, 0.15) is 60.4 Å². The second-order valence-corrected chi connectivity index (χ2v) is 26.7. The number of nitrogens with zero attached hydrogens (tertiary/aromatic N) is 6. The highest BCUT2D eigenvalue weighted by Crippen LogP contribution is 2.24. The Labute approximate surface area is 519 Å². The molecule has 12 unspecified atom stereocenters. The second kappa shape index (κ2) is 36.3. The SMILES string of the molecule is C/C=C/CC(C)C(O)C1C(=O)NC(C(C)O)C(=O)N(C)CCC(=O)N(C)[C@@H](CC(C)C)C(=O)NC(CC(C)C)C(=O)N(C)C(CC(C)C)C(=O)NC(C)C(=O)NC(C)C(=O)N(C)C(CC(C)C)C(=O)NC(CC(C)C)C(=O)N(C)C(C(C)C)C(=O)N1C. The Morgan fingerprint density at radius 3 is 1.25 bits per heavy atom. The van der Waals surface area contributed by atoms with Crippen molar-refractivity contribution in [1.82, 2.24) is 56.0 Å². The number of aliphatic hydroxyl groups is 2. The molecule has 7 N–H and O–H groups in total. The number of carbonyl (C=O) groups is 11. The van der Waals surface area contributed by atoms with Crippen LogP contribution >= 0.6 is 0 Å². The lowest BCUT2D eigenvalue weighted by atomic mass is 9.91. The summed E-state index contributed by atoms with van der Waals surface area (Å²) in [4.78, 5) is 166. The van der Waals surface area contributed by atoms with Gasteiger partial charge in [0.05, 0.1) is 12.2 Å². The molecule has 0 aromatic heterocycles. The van der Waals surface area contributed by atoms with E-state index < -0.39 is 149 Å². The number of likely N-dealkylation sites (N-methyl/N-ethyl adjacent to an activating group) is 6. The number of hydrogen-bond donors (Lipinski definition) is 7. The smallest absolute Gasteiger partial charge is 0.247 e. The summed E-state index contributed by atoms with van der Waals surface area (Å²) in [6.45, 7) is 29.3. The maximum absolute atomic E-state index is 15.1. The summed E-state index contributed by atoms with van der Waals surface area (Å²) in [6, 6.07) is -12.9. The molecule has 1 rings (SSSR count). The molecule has 498 valence electrons. The summed E-state index contributed by atoms with van der Waals surface area (Å²) < 4.78 is 0. The van der Waals surface area contributed by atoms with Crippen LogP contribution in [0.2, 0.25) is 0 Å². The Morgan fingerprint density at radius 2 is 0.839 bits per heavy atom. The van der Waals surface area contributed by atoms with Crippen LogP contribution in [0.5, 0.6) is 0 Å². The third-order valence-electron chi connectivity index (χ3n) is 16.0. The average Bonchev–Trinajstić information content (AvgIpc) is 1.56. The van der Waals surface area contributed by atoms with Gasteiger partial charge in [0.25, 0.3) is 0 Å². The van der Waals surface area contributed by atoms with E-state index in [9.17, 15) is 58.2 Å². The third-order valence-corrected chi connectivity index (χ3v) is 16.0. The zero-order valence-electron chi connectivity index (χ0n) is 56.8. The van der Waals surface area contributed by atoms with Gasteiger partial charge >= 0.3 is 0 Å². The molecule has 87 heavy (non-hydrogen) atoms. The van der Waals surface area contributed by atoms with Gasteiger partial charge < -0.3 is 66.2 Å². The van der Waals surface area contributed by atoms with Gasteiger partial charge in [0.15, 0.2) is 0 Å². The first kappa shape index (κ1) is 78.8. The van der Waals surface area contributed by atoms with Gasteiger partial charge in [-0.3, -0.25) is 52.7 Å². The molecule has 24 nitrogen and oxygen atoms in total. The lowest BCUT2D eigenvalue weighted by Crippen LogP contribution is -2.64. The van der Waals surface area contributed by atoms with E-state index >= 15 is 4.79 Å². The third kappa shape index (κ3) is 23.7. The van der Waals surface area contributed by atoms with Crippen molar-refractivity contribution in [2.24, 2.45) is 41.4 Å². The summed E-state index contributed by atoms with van der Waals surface area (Å²) in [5.41, 5.74) is 0. The highest BCUT2D eigenvalue weighted by atomic mass is 16.3. The van der Waals surface area contributed by atoms with E-state index in [4.69, 9.17) is 0 Å². The lowest BCUT2D eigenvalue weighted by Gasteiger charge is -2.40. The van der Waals surface area contributed by atoms with E-state index in [0.29, 0.717) is 0 Å². The molecule has 1 fully saturated rings. The molecular weight excluding hydrogens is 1120 g/mol. The van der Waals surface area contributed by atoms with Gasteiger partial charge in [-0.2, -0.15) is 0 Å². The van der Waals surface area contributed by atoms with Gasteiger partial charge in [-0.15, -0.1) is 0 Å². The standard InChI is InChI=1S/C63H113N11O13/c1-24-25-26-40(14)53(77)52-58(82)68-50(43(17)75)62(86)69(18)28-27-49(76)70(19)46(31-36(6)7)56(80)66-44(29-34(2)3)60(84)72(21)47(32-37(8)9)55(79)64-41(15)54(78)65-42(16)59(83)71(20)48(33-38(10)11)57(81)67-45(30-35(4)5)61(85)73(22)51(39(12)13)63(87)74(52)23/h24-25,34-48,50-53,75,77H,26-33H2,1-23H3,(H,64,79)(H,65,78)(H,66,80)(H,67,81)(H,68,82)/b25-24+/t40?,41?,42?,43?,44?,45?,46-,47?,48?,50?,51?,52?,53?/m0/s1. The summed E-state index contributed by atoms with van der Waals surface area (Å²) >= 11 is 0. The summed E-state index contributed by atoms with van der Waals surface area (Å²) in [5.74, 6) is -9.85. The molecule has 0 spiro atoms. The number of allylic oxidation sites excluding steroid dienone is 2. The molecule has 0 saturated carbocycles. The monoisotopic (exact) mass is 1230 g/mol. The van der Waals surface area contributed by atoms with Crippen molar-refractivity contribution >= 4 is 65.0 Å². The highest BCUT2D eigenvalue weighted by Gasteiger charge is 2.45. The van der Waals surface area contributed by atoms with Crippen LogP contribution in [-0.4, -0.2) is 226 Å². The van der Waals surface area contributed by atoms with Crippen LogP contribution in [0.1, 0.15) is 163 Å². The van der Waals surface area contributed by atoms with Crippen molar-refractivity contribution in [3.63, 3.8) is 0 Å². The molecule has 13 atom stereocenters. The Hall–Kier alpha value is -6.17. The van der Waals surface area contributed by atoms with Crippen LogP contribution in [0.4, 0.5) is 0 Å². The number of nitrogens with one attached hydrogen (secondary N) is 5. The summed E-state index contributed by atoms with van der Waals surface area (Å²) in [6.07, 6.45) is 1.09. The maximum atomic E-state index is 15.1. The molecule has 0 aromatic rings. The zero-order chi connectivity index (χ0) is 67.4. The summed E-state index contributed by atoms with van der Waals surface area (Å²) in [5, 5.41) is 36.9. The molecule has 0 radical (unpaired) electrons. The normalized spacial score (nSPS) is 27.0. The predicted molar refractivity (Wildman–Crippen MR) is 334 cm³/mol. The van der Waals surface area contributed by atoms with E-state index in [-0.39, 0.29) is 81.1 Å². The molecule has 0 aliphatic carbocycles. The van der Waals surface area contributed by atoms with Crippen LogP contribution < -0.4 is 26.6 Å². The van der Waals surface area contributed by atoms with E-state index in [1.807, 2.05) is 69.2 Å².